The number of nitrogens with zero attached hydrogens (tertiary/aromatic N) is 3. The van der Waals surface area contributed by atoms with Crippen molar-refractivity contribution in [3.05, 3.63) is 28.1 Å². The molecule has 0 spiro atoms. The Labute approximate surface area is 77.7 Å². The highest BCUT2D eigenvalue weighted by Crippen LogP contribution is 2.12. The number of nitriles is 1. The number of rotatable bonds is 1. The summed E-state index contributed by atoms with van der Waals surface area (Å²) in [5.74, 6) is 0. The van der Waals surface area contributed by atoms with Gasteiger partial charge in [-0.2, -0.15) is 5.26 Å². The first-order chi connectivity index (χ1) is 6.33. The summed E-state index contributed by atoms with van der Waals surface area (Å²) >= 11 is 1.35. The molecule has 0 aliphatic carbocycles. The average molecular weight is 191 g/mol. The van der Waals surface area contributed by atoms with E-state index in [-0.39, 0.29) is 12.1 Å². The second-order valence-electron chi connectivity index (χ2n) is 2.47. The van der Waals surface area contributed by atoms with Crippen molar-refractivity contribution in [1.82, 2.24) is 9.55 Å². The molecule has 2 aromatic heterocycles. The molecular weight excluding hydrogens is 186 g/mol. The Hall–Kier alpha value is -1.67. The molecule has 0 amide bonds. The molecule has 0 aliphatic heterocycles. The van der Waals surface area contributed by atoms with E-state index >= 15 is 0 Å². The number of thiophene rings is 1. The van der Waals surface area contributed by atoms with Gasteiger partial charge < -0.3 is 0 Å². The largest absolute Gasteiger partial charge is 0.284 e. The van der Waals surface area contributed by atoms with E-state index in [0.717, 1.165) is 0 Å². The summed E-state index contributed by atoms with van der Waals surface area (Å²) < 4.78 is 1.91. The lowest BCUT2D eigenvalue weighted by Gasteiger charge is -1.96. The van der Waals surface area contributed by atoms with E-state index in [9.17, 15) is 4.79 Å². The fraction of sp³-hybridized carbons (Fsp3) is 0.125. The topological polar surface area (TPSA) is 58.7 Å². The SMILES string of the molecule is N#CCn1cnc2ccsc2c1=O. The van der Waals surface area contributed by atoms with Gasteiger partial charge in [-0.05, 0) is 11.4 Å². The fourth-order valence-electron chi connectivity index (χ4n) is 1.07. The van der Waals surface area contributed by atoms with E-state index in [4.69, 9.17) is 5.26 Å². The van der Waals surface area contributed by atoms with Gasteiger partial charge in [-0.25, -0.2) is 4.98 Å². The molecule has 5 heteroatoms. The summed E-state index contributed by atoms with van der Waals surface area (Å²) in [5, 5.41) is 10.2. The van der Waals surface area contributed by atoms with E-state index in [0.29, 0.717) is 10.2 Å². The monoisotopic (exact) mass is 191 g/mol. The summed E-state index contributed by atoms with van der Waals surface area (Å²) in [5.41, 5.74) is 0.561. The zero-order valence-corrected chi connectivity index (χ0v) is 7.41. The molecule has 2 aromatic rings. The quantitative estimate of drug-likeness (QED) is 0.675. The highest BCUT2D eigenvalue weighted by Gasteiger charge is 2.03. The van der Waals surface area contributed by atoms with E-state index in [1.54, 1.807) is 6.07 Å². The molecule has 2 heterocycles. The van der Waals surface area contributed by atoms with Gasteiger partial charge in [-0.15, -0.1) is 11.3 Å². The van der Waals surface area contributed by atoms with Gasteiger partial charge in [-0.1, -0.05) is 0 Å². The third-order valence-corrected chi connectivity index (χ3v) is 2.57. The van der Waals surface area contributed by atoms with Crippen LogP contribution in [0.4, 0.5) is 0 Å². The molecular formula is C8H5N3OS. The Morgan fingerprint density at radius 1 is 1.69 bits per heavy atom. The van der Waals surface area contributed by atoms with Crippen molar-refractivity contribution in [3.8, 4) is 6.07 Å². The van der Waals surface area contributed by atoms with Crippen LogP contribution in [0.1, 0.15) is 0 Å². The van der Waals surface area contributed by atoms with Crippen LogP contribution in [-0.4, -0.2) is 9.55 Å². The zero-order chi connectivity index (χ0) is 9.26. The van der Waals surface area contributed by atoms with Crippen LogP contribution in [-0.2, 0) is 6.54 Å². The molecule has 0 fully saturated rings. The average Bonchev–Trinajstić information content (AvgIpc) is 2.58. The number of hydrogen-bond donors (Lipinski definition) is 0. The van der Waals surface area contributed by atoms with E-state index < -0.39 is 0 Å². The second-order valence-corrected chi connectivity index (χ2v) is 3.39. The maximum Gasteiger partial charge on any atom is 0.272 e. The highest BCUT2D eigenvalue weighted by molar-refractivity contribution is 7.17. The summed E-state index contributed by atoms with van der Waals surface area (Å²) in [6.07, 6.45) is 1.40. The van der Waals surface area contributed by atoms with Gasteiger partial charge in [0.1, 0.15) is 11.2 Å². The molecule has 0 aliphatic rings. The first kappa shape index (κ1) is 7.95. The van der Waals surface area contributed by atoms with Crippen molar-refractivity contribution < 1.29 is 0 Å². The Morgan fingerprint density at radius 2 is 2.54 bits per heavy atom. The minimum atomic E-state index is -0.137. The Balaban J connectivity index is 2.75. The predicted octanol–water partition coefficient (Wildman–Crippen LogP) is 0.982. The summed E-state index contributed by atoms with van der Waals surface area (Å²) in [6.45, 7) is 0.0552. The third kappa shape index (κ3) is 1.21. The third-order valence-electron chi connectivity index (χ3n) is 1.68. The van der Waals surface area contributed by atoms with Gasteiger partial charge in [0.15, 0.2) is 0 Å². The smallest absolute Gasteiger partial charge is 0.272 e. The van der Waals surface area contributed by atoms with Crippen LogP contribution < -0.4 is 5.56 Å². The highest BCUT2D eigenvalue weighted by atomic mass is 32.1. The van der Waals surface area contributed by atoms with Gasteiger partial charge in [-0.3, -0.25) is 9.36 Å². The first-order valence-corrected chi connectivity index (χ1v) is 4.50. The normalized spacial score (nSPS) is 10.1. The van der Waals surface area contributed by atoms with Crippen LogP contribution in [0.25, 0.3) is 10.2 Å². The summed E-state index contributed by atoms with van der Waals surface area (Å²) in [6, 6.07) is 3.70. The van der Waals surface area contributed by atoms with Gasteiger partial charge in [0.2, 0.25) is 0 Å². The van der Waals surface area contributed by atoms with Gasteiger partial charge in [0.25, 0.3) is 5.56 Å². The Kier molecular flexibility index (Phi) is 1.83. The maximum atomic E-state index is 11.6. The van der Waals surface area contributed by atoms with Crippen LogP contribution in [0.15, 0.2) is 22.6 Å². The molecule has 4 nitrogen and oxygen atoms in total. The molecule has 13 heavy (non-hydrogen) atoms. The van der Waals surface area contributed by atoms with Crippen molar-refractivity contribution in [2.75, 3.05) is 0 Å². The van der Waals surface area contributed by atoms with Crippen molar-refractivity contribution in [2.24, 2.45) is 0 Å². The lowest BCUT2D eigenvalue weighted by atomic mass is 10.5. The van der Waals surface area contributed by atoms with Crippen LogP contribution in [0.5, 0.6) is 0 Å². The van der Waals surface area contributed by atoms with E-state index in [1.165, 1.54) is 22.2 Å². The van der Waals surface area contributed by atoms with Crippen molar-refractivity contribution in [3.63, 3.8) is 0 Å². The number of hydrogen-bond acceptors (Lipinski definition) is 4. The lowest BCUT2D eigenvalue weighted by Crippen LogP contribution is -2.18. The molecule has 0 bridgehead atoms. The molecule has 2 rings (SSSR count). The molecule has 0 aromatic carbocycles. The van der Waals surface area contributed by atoms with Gasteiger partial charge >= 0.3 is 0 Å². The number of aromatic nitrogens is 2. The molecule has 0 radical (unpaired) electrons. The molecule has 0 atom stereocenters. The summed E-state index contributed by atoms with van der Waals surface area (Å²) in [4.78, 5) is 15.6. The molecule has 0 saturated carbocycles. The number of fused-ring (bicyclic) bond motifs is 1. The van der Waals surface area contributed by atoms with E-state index in [1.807, 2.05) is 11.4 Å². The minimum Gasteiger partial charge on any atom is -0.284 e. The van der Waals surface area contributed by atoms with E-state index in [2.05, 4.69) is 4.98 Å². The molecule has 0 unspecified atom stereocenters. The van der Waals surface area contributed by atoms with Gasteiger partial charge in [0, 0.05) is 0 Å². The molecule has 64 valence electrons. The first-order valence-electron chi connectivity index (χ1n) is 3.62. The van der Waals surface area contributed by atoms with Crippen LogP contribution >= 0.6 is 11.3 Å². The van der Waals surface area contributed by atoms with Gasteiger partial charge in [0.05, 0.1) is 17.9 Å². The standard InChI is InChI=1S/C8H5N3OS/c9-2-3-11-5-10-6-1-4-13-7(6)8(11)12/h1,4-5H,3H2. The maximum absolute atomic E-state index is 11.6. The summed E-state index contributed by atoms with van der Waals surface area (Å²) in [7, 11) is 0. The molecule has 0 N–H and O–H groups in total. The predicted molar refractivity (Wildman–Crippen MR) is 49.5 cm³/mol. The van der Waals surface area contributed by atoms with Crippen LogP contribution in [0, 0.1) is 11.3 Å². The van der Waals surface area contributed by atoms with Crippen molar-refractivity contribution >= 4 is 21.6 Å². The minimum absolute atomic E-state index is 0.0552. The van der Waals surface area contributed by atoms with Crippen LogP contribution in [0.2, 0.25) is 0 Å². The second kappa shape index (κ2) is 2.99. The zero-order valence-electron chi connectivity index (χ0n) is 6.60. The Bertz CT molecular complexity index is 534. The Morgan fingerprint density at radius 3 is 3.31 bits per heavy atom. The fourth-order valence-corrected chi connectivity index (χ4v) is 1.86. The van der Waals surface area contributed by atoms with Crippen molar-refractivity contribution in [1.29, 1.82) is 5.26 Å². The van der Waals surface area contributed by atoms with Crippen LogP contribution in [0.3, 0.4) is 0 Å². The lowest BCUT2D eigenvalue weighted by molar-refractivity contribution is 0.777. The van der Waals surface area contributed by atoms with Crippen molar-refractivity contribution in [2.45, 2.75) is 6.54 Å². The molecule has 0 saturated heterocycles.